The van der Waals surface area contributed by atoms with E-state index in [0.717, 1.165) is 35.2 Å². The Morgan fingerprint density at radius 1 is 1.24 bits per heavy atom. The number of nitrogens with one attached hydrogen (secondary N) is 2. The molecule has 5 nitrogen and oxygen atoms in total. The van der Waals surface area contributed by atoms with Gasteiger partial charge in [-0.15, -0.1) is 0 Å². The number of nitrogens with zero attached hydrogens (tertiary/aromatic N) is 2. The number of rotatable bonds is 3. The molecule has 0 saturated carbocycles. The maximum Gasteiger partial charge on any atom is 0.138 e. The summed E-state index contributed by atoms with van der Waals surface area (Å²) in [6.07, 6.45) is 4.20. The standard InChI is InChI=1S/C20H20N4O/c1-25-19-9-13(11-21)4-5-16(19)15-6-8-23-20-17(15)10-18(24-20)14-3-2-7-22-12-14/h4-6,8-10,14,22H,2-3,7,12H2,1H3,(H,23,24)/t14-/m0/s1. The predicted molar refractivity (Wildman–Crippen MR) is 97.6 cm³/mol. The van der Waals surface area contributed by atoms with Gasteiger partial charge in [0.1, 0.15) is 11.4 Å². The monoisotopic (exact) mass is 332 g/mol. The Bertz CT molecular complexity index is 948. The van der Waals surface area contributed by atoms with Crippen LogP contribution < -0.4 is 10.1 Å². The van der Waals surface area contributed by atoms with Crippen LogP contribution in [-0.4, -0.2) is 30.2 Å². The van der Waals surface area contributed by atoms with Gasteiger partial charge in [-0.3, -0.25) is 0 Å². The molecule has 5 heteroatoms. The highest BCUT2D eigenvalue weighted by atomic mass is 16.5. The van der Waals surface area contributed by atoms with E-state index in [-0.39, 0.29) is 0 Å². The van der Waals surface area contributed by atoms with Crippen molar-refractivity contribution in [3.05, 3.63) is 47.8 Å². The topological polar surface area (TPSA) is 73.7 Å². The molecule has 2 N–H and O–H groups in total. The van der Waals surface area contributed by atoms with Crippen LogP contribution in [0.15, 0.2) is 36.5 Å². The predicted octanol–water partition coefficient (Wildman–Crippen LogP) is 3.58. The molecule has 0 unspecified atom stereocenters. The first-order valence-electron chi connectivity index (χ1n) is 8.57. The largest absolute Gasteiger partial charge is 0.496 e. The first kappa shape index (κ1) is 15.7. The molecule has 2 aromatic heterocycles. The quantitative estimate of drug-likeness (QED) is 0.769. The highest BCUT2D eigenvalue weighted by Gasteiger charge is 2.19. The number of hydrogen-bond acceptors (Lipinski definition) is 4. The average molecular weight is 332 g/mol. The Morgan fingerprint density at radius 3 is 2.92 bits per heavy atom. The van der Waals surface area contributed by atoms with Gasteiger partial charge in [0.2, 0.25) is 0 Å². The number of hydrogen-bond donors (Lipinski definition) is 2. The van der Waals surface area contributed by atoms with Crippen LogP contribution in [-0.2, 0) is 0 Å². The van der Waals surface area contributed by atoms with E-state index in [1.807, 2.05) is 24.4 Å². The molecule has 3 aromatic rings. The molecule has 0 spiro atoms. The summed E-state index contributed by atoms with van der Waals surface area (Å²) >= 11 is 0. The Hall–Kier alpha value is -2.84. The minimum Gasteiger partial charge on any atom is -0.496 e. The Balaban J connectivity index is 1.83. The van der Waals surface area contributed by atoms with Crippen molar-refractivity contribution in [2.24, 2.45) is 0 Å². The molecule has 1 aromatic carbocycles. The van der Waals surface area contributed by atoms with Crippen LogP contribution in [0.3, 0.4) is 0 Å². The Labute approximate surface area is 146 Å². The van der Waals surface area contributed by atoms with E-state index in [2.05, 4.69) is 27.4 Å². The molecule has 0 radical (unpaired) electrons. The maximum absolute atomic E-state index is 9.11. The van der Waals surface area contributed by atoms with E-state index in [1.165, 1.54) is 18.5 Å². The van der Waals surface area contributed by atoms with Crippen LogP contribution in [0.5, 0.6) is 5.75 Å². The third-order valence-corrected chi connectivity index (χ3v) is 4.91. The molecule has 25 heavy (non-hydrogen) atoms. The first-order valence-corrected chi connectivity index (χ1v) is 8.57. The summed E-state index contributed by atoms with van der Waals surface area (Å²) in [6, 6.07) is 11.9. The summed E-state index contributed by atoms with van der Waals surface area (Å²) in [7, 11) is 1.63. The van der Waals surface area contributed by atoms with Crippen LogP contribution in [0.1, 0.15) is 30.0 Å². The summed E-state index contributed by atoms with van der Waals surface area (Å²) in [6.45, 7) is 2.10. The van der Waals surface area contributed by atoms with Gasteiger partial charge < -0.3 is 15.0 Å². The van der Waals surface area contributed by atoms with E-state index in [0.29, 0.717) is 17.2 Å². The third-order valence-electron chi connectivity index (χ3n) is 4.91. The number of pyridine rings is 1. The lowest BCUT2D eigenvalue weighted by Gasteiger charge is -2.21. The molecule has 1 saturated heterocycles. The van der Waals surface area contributed by atoms with Gasteiger partial charge in [-0.1, -0.05) is 0 Å². The molecule has 1 aliphatic rings. The second-order valence-electron chi connectivity index (χ2n) is 6.42. The molecule has 1 aliphatic heterocycles. The molecule has 1 atom stereocenters. The number of methoxy groups -OCH3 is 1. The molecule has 0 amide bonds. The van der Waals surface area contributed by atoms with Crippen molar-refractivity contribution in [1.29, 1.82) is 5.26 Å². The van der Waals surface area contributed by atoms with E-state index in [1.54, 1.807) is 13.2 Å². The Kier molecular flexibility index (Phi) is 4.12. The molecular weight excluding hydrogens is 312 g/mol. The molecular formula is C20H20N4O. The van der Waals surface area contributed by atoms with Gasteiger partial charge >= 0.3 is 0 Å². The van der Waals surface area contributed by atoms with Crippen LogP contribution in [0.2, 0.25) is 0 Å². The van der Waals surface area contributed by atoms with Crippen molar-refractivity contribution < 1.29 is 4.74 Å². The van der Waals surface area contributed by atoms with Crippen molar-refractivity contribution in [2.45, 2.75) is 18.8 Å². The summed E-state index contributed by atoms with van der Waals surface area (Å²) in [4.78, 5) is 7.99. The van der Waals surface area contributed by atoms with Gasteiger partial charge in [-0.25, -0.2) is 4.98 Å². The van der Waals surface area contributed by atoms with Crippen molar-refractivity contribution >= 4 is 11.0 Å². The zero-order valence-corrected chi connectivity index (χ0v) is 14.2. The maximum atomic E-state index is 9.11. The second-order valence-corrected chi connectivity index (χ2v) is 6.42. The van der Waals surface area contributed by atoms with Crippen molar-refractivity contribution in [3.63, 3.8) is 0 Å². The number of aromatic nitrogens is 2. The van der Waals surface area contributed by atoms with E-state index < -0.39 is 0 Å². The normalized spacial score (nSPS) is 17.4. The molecule has 3 heterocycles. The number of nitriles is 1. The molecule has 126 valence electrons. The van der Waals surface area contributed by atoms with E-state index in [4.69, 9.17) is 10.00 Å². The van der Waals surface area contributed by atoms with Crippen molar-refractivity contribution in [1.82, 2.24) is 15.3 Å². The third kappa shape index (κ3) is 2.86. The van der Waals surface area contributed by atoms with Crippen LogP contribution in [0, 0.1) is 11.3 Å². The summed E-state index contributed by atoms with van der Waals surface area (Å²) in [5.74, 6) is 1.20. The number of H-pyrrole nitrogens is 1. The second kappa shape index (κ2) is 6.58. The fourth-order valence-corrected chi connectivity index (χ4v) is 3.60. The molecule has 0 aliphatic carbocycles. The fourth-order valence-electron chi connectivity index (χ4n) is 3.60. The minimum atomic E-state index is 0.499. The summed E-state index contributed by atoms with van der Waals surface area (Å²) < 4.78 is 5.52. The van der Waals surface area contributed by atoms with E-state index in [9.17, 15) is 0 Å². The van der Waals surface area contributed by atoms with Gasteiger partial charge in [-0.05, 0) is 55.3 Å². The van der Waals surface area contributed by atoms with Gasteiger partial charge in [0.25, 0.3) is 0 Å². The number of benzene rings is 1. The molecule has 1 fully saturated rings. The van der Waals surface area contributed by atoms with Crippen LogP contribution in [0.4, 0.5) is 0 Å². The summed E-state index contributed by atoms with van der Waals surface area (Å²) in [5.41, 5.74) is 4.76. The van der Waals surface area contributed by atoms with Gasteiger partial charge in [-0.2, -0.15) is 5.26 Å². The number of piperidine rings is 1. The first-order chi connectivity index (χ1) is 12.3. The highest BCUT2D eigenvalue weighted by Crippen LogP contribution is 2.36. The number of aromatic amines is 1. The Morgan fingerprint density at radius 2 is 2.16 bits per heavy atom. The highest BCUT2D eigenvalue weighted by molar-refractivity contribution is 5.95. The van der Waals surface area contributed by atoms with Crippen molar-refractivity contribution in [3.8, 4) is 22.9 Å². The van der Waals surface area contributed by atoms with Gasteiger partial charge in [0, 0.05) is 35.3 Å². The zero-order chi connectivity index (χ0) is 17.2. The van der Waals surface area contributed by atoms with Crippen LogP contribution in [0.25, 0.3) is 22.2 Å². The van der Waals surface area contributed by atoms with Gasteiger partial charge in [0.15, 0.2) is 0 Å². The lowest BCUT2D eigenvalue weighted by molar-refractivity contribution is 0.416. The average Bonchev–Trinajstić information content (AvgIpc) is 3.12. The molecule has 4 rings (SSSR count). The summed E-state index contributed by atoms with van der Waals surface area (Å²) in [5, 5.41) is 13.7. The number of fused-ring (bicyclic) bond motifs is 1. The van der Waals surface area contributed by atoms with Crippen LogP contribution >= 0.6 is 0 Å². The lowest BCUT2D eigenvalue weighted by Crippen LogP contribution is -2.28. The molecule has 0 bridgehead atoms. The lowest BCUT2D eigenvalue weighted by atomic mass is 9.95. The van der Waals surface area contributed by atoms with E-state index >= 15 is 0 Å². The minimum absolute atomic E-state index is 0.499. The SMILES string of the molecule is COc1cc(C#N)ccc1-c1ccnc2[nH]c([C@H]3CCCNC3)cc12. The van der Waals surface area contributed by atoms with Crippen molar-refractivity contribution in [2.75, 3.05) is 20.2 Å². The smallest absolute Gasteiger partial charge is 0.138 e. The number of ether oxygens (including phenoxy) is 1. The zero-order valence-electron chi connectivity index (χ0n) is 14.2. The van der Waals surface area contributed by atoms with Gasteiger partial charge in [0.05, 0.1) is 18.7 Å². The fraction of sp³-hybridized carbons (Fsp3) is 0.300.